The topological polar surface area (TPSA) is 28.2 Å². The van der Waals surface area contributed by atoms with Gasteiger partial charge in [-0.15, -0.1) is 11.3 Å². The molecule has 1 N–H and O–H groups in total. The largest absolute Gasteiger partial charge is 0.362 e. The molecule has 4 heteroatoms. The van der Waals surface area contributed by atoms with E-state index in [-0.39, 0.29) is 0 Å². The Balaban J connectivity index is 1.89. The van der Waals surface area contributed by atoms with Gasteiger partial charge in [0.1, 0.15) is 0 Å². The van der Waals surface area contributed by atoms with Gasteiger partial charge < -0.3 is 10.2 Å². The average Bonchev–Trinajstić information content (AvgIpc) is 3.09. The SMILES string of the molecule is CNCC[C@H](c1cccs1)N1CCc2ncccc21. The van der Waals surface area contributed by atoms with Crippen molar-refractivity contribution in [1.29, 1.82) is 0 Å². The maximum atomic E-state index is 4.50. The Hall–Kier alpha value is -1.39. The molecule has 19 heavy (non-hydrogen) atoms. The molecule has 0 fully saturated rings. The van der Waals surface area contributed by atoms with Crippen molar-refractivity contribution >= 4 is 17.0 Å². The van der Waals surface area contributed by atoms with Gasteiger partial charge in [-0.25, -0.2) is 0 Å². The fourth-order valence-electron chi connectivity index (χ4n) is 2.77. The molecule has 1 aliphatic heterocycles. The molecule has 3 nitrogen and oxygen atoms in total. The molecule has 2 aromatic heterocycles. The van der Waals surface area contributed by atoms with E-state index in [1.807, 2.05) is 30.6 Å². The minimum atomic E-state index is 0.470. The highest BCUT2D eigenvalue weighted by molar-refractivity contribution is 7.10. The van der Waals surface area contributed by atoms with Crippen LogP contribution in [0.4, 0.5) is 5.69 Å². The maximum Gasteiger partial charge on any atom is 0.0654 e. The summed E-state index contributed by atoms with van der Waals surface area (Å²) in [5, 5.41) is 5.44. The summed E-state index contributed by atoms with van der Waals surface area (Å²) in [6.45, 7) is 2.12. The molecule has 2 aromatic rings. The second-order valence-electron chi connectivity index (χ2n) is 4.84. The van der Waals surface area contributed by atoms with Crippen LogP contribution in [0.1, 0.15) is 23.0 Å². The number of thiophene rings is 1. The van der Waals surface area contributed by atoms with Crippen molar-refractivity contribution in [3.05, 3.63) is 46.4 Å². The van der Waals surface area contributed by atoms with Crippen LogP contribution in [0.25, 0.3) is 0 Å². The number of hydrogen-bond donors (Lipinski definition) is 1. The maximum absolute atomic E-state index is 4.50. The summed E-state index contributed by atoms with van der Waals surface area (Å²) in [7, 11) is 2.02. The predicted molar refractivity (Wildman–Crippen MR) is 80.9 cm³/mol. The number of nitrogens with one attached hydrogen (secondary N) is 1. The van der Waals surface area contributed by atoms with Gasteiger partial charge in [0.15, 0.2) is 0 Å². The zero-order valence-electron chi connectivity index (χ0n) is 11.2. The van der Waals surface area contributed by atoms with Gasteiger partial charge in [0.2, 0.25) is 0 Å². The first-order chi connectivity index (χ1) is 9.40. The van der Waals surface area contributed by atoms with Crippen molar-refractivity contribution in [3.8, 4) is 0 Å². The third kappa shape index (κ3) is 2.51. The van der Waals surface area contributed by atoms with Crippen LogP contribution in [0.15, 0.2) is 35.8 Å². The summed E-state index contributed by atoms with van der Waals surface area (Å²) in [6.07, 6.45) is 4.10. The molecule has 0 radical (unpaired) electrons. The molecule has 3 rings (SSSR count). The third-order valence-electron chi connectivity index (χ3n) is 3.68. The van der Waals surface area contributed by atoms with Gasteiger partial charge in [0.25, 0.3) is 0 Å². The first kappa shape index (κ1) is 12.6. The number of aromatic nitrogens is 1. The number of rotatable bonds is 5. The van der Waals surface area contributed by atoms with Crippen molar-refractivity contribution in [1.82, 2.24) is 10.3 Å². The van der Waals surface area contributed by atoms with Crippen LogP contribution in [0.2, 0.25) is 0 Å². The lowest BCUT2D eigenvalue weighted by atomic mass is 10.1. The van der Waals surface area contributed by atoms with E-state index in [0.717, 1.165) is 25.9 Å². The van der Waals surface area contributed by atoms with Gasteiger partial charge in [-0.3, -0.25) is 4.98 Å². The highest BCUT2D eigenvalue weighted by Gasteiger charge is 2.27. The number of hydrogen-bond acceptors (Lipinski definition) is 4. The van der Waals surface area contributed by atoms with Crippen molar-refractivity contribution in [3.63, 3.8) is 0 Å². The van der Waals surface area contributed by atoms with Gasteiger partial charge >= 0.3 is 0 Å². The molecule has 0 aromatic carbocycles. The van der Waals surface area contributed by atoms with Gasteiger partial charge in [-0.1, -0.05) is 6.07 Å². The van der Waals surface area contributed by atoms with Crippen LogP contribution in [0.3, 0.4) is 0 Å². The van der Waals surface area contributed by atoms with Crippen LogP contribution in [0.5, 0.6) is 0 Å². The highest BCUT2D eigenvalue weighted by atomic mass is 32.1. The fourth-order valence-corrected chi connectivity index (χ4v) is 3.64. The van der Waals surface area contributed by atoms with E-state index < -0.39 is 0 Å². The molecule has 1 aliphatic rings. The first-order valence-electron chi connectivity index (χ1n) is 6.78. The lowest BCUT2D eigenvalue weighted by molar-refractivity contribution is 0.576. The minimum absolute atomic E-state index is 0.470. The molecule has 0 spiro atoms. The summed E-state index contributed by atoms with van der Waals surface area (Å²) in [4.78, 5) is 8.47. The van der Waals surface area contributed by atoms with E-state index in [1.54, 1.807) is 0 Å². The quantitative estimate of drug-likeness (QED) is 0.908. The van der Waals surface area contributed by atoms with Crippen LogP contribution in [0, 0.1) is 0 Å². The van der Waals surface area contributed by atoms with Gasteiger partial charge in [-0.05, 0) is 43.6 Å². The second kappa shape index (κ2) is 5.72. The van der Waals surface area contributed by atoms with Crippen molar-refractivity contribution < 1.29 is 0 Å². The number of pyridine rings is 1. The van der Waals surface area contributed by atoms with Crippen LogP contribution in [-0.4, -0.2) is 25.1 Å². The smallest absolute Gasteiger partial charge is 0.0654 e. The van der Waals surface area contributed by atoms with E-state index >= 15 is 0 Å². The molecule has 0 unspecified atom stereocenters. The molecule has 0 saturated heterocycles. The Bertz CT molecular complexity index is 524. The van der Waals surface area contributed by atoms with E-state index in [2.05, 4.69) is 38.8 Å². The molecule has 0 bridgehead atoms. The summed E-state index contributed by atoms with van der Waals surface area (Å²) >= 11 is 1.85. The lowest BCUT2D eigenvalue weighted by Crippen LogP contribution is -2.28. The molecular formula is C15H19N3S. The third-order valence-corrected chi connectivity index (χ3v) is 4.65. The number of fused-ring (bicyclic) bond motifs is 1. The van der Waals surface area contributed by atoms with Crippen molar-refractivity contribution in [2.24, 2.45) is 0 Å². The van der Waals surface area contributed by atoms with Crippen LogP contribution < -0.4 is 10.2 Å². The monoisotopic (exact) mass is 273 g/mol. The Labute approximate surface area is 118 Å². The van der Waals surface area contributed by atoms with Crippen LogP contribution >= 0.6 is 11.3 Å². The van der Waals surface area contributed by atoms with Gasteiger partial charge in [0, 0.05) is 24.0 Å². The van der Waals surface area contributed by atoms with E-state index in [0.29, 0.717) is 6.04 Å². The summed E-state index contributed by atoms with van der Waals surface area (Å²) in [6, 6.07) is 9.11. The fraction of sp³-hybridized carbons (Fsp3) is 0.400. The van der Waals surface area contributed by atoms with E-state index in [4.69, 9.17) is 0 Å². The Morgan fingerprint density at radius 3 is 3.16 bits per heavy atom. The van der Waals surface area contributed by atoms with E-state index in [1.165, 1.54) is 16.3 Å². The lowest BCUT2D eigenvalue weighted by Gasteiger charge is -2.29. The van der Waals surface area contributed by atoms with Crippen molar-refractivity contribution in [2.75, 3.05) is 25.0 Å². The summed E-state index contributed by atoms with van der Waals surface area (Å²) in [5.74, 6) is 0. The van der Waals surface area contributed by atoms with Gasteiger partial charge in [0.05, 0.1) is 17.4 Å². The van der Waals surface area contributed by atoms with Crippen molar-refractivity contribution in [2.45, 2.75) is 18.9 Å². The molecule has 0 aliphatic carbocycles. The zero-order chi connectivity index (χ0) is 13.1. The second-order valence-corrected chi connectivity index (χ2v) is 5.82. The molecule has 0 saturated carbocycles. The molecule has 0 amide bonds. The van der Waals surface area contributed by atoms with E-state index in [9.17, 15) is 0 Å². The Morgan fingerprint density at radius 2 is 2.37 bits per heavy atom. The number of nitrogens with zero attached hydrogens (tertiary/aromatic N) is 2. The molecule has 100 valence electrons. The molecule has 1 atom stereocenters. The average molecular weight is 273 g/mol. The van der Waals surface area contributed by atoms with Crippen LogP contribution in [-0.2, 0) is 6.42 Å². The predicted octanol–water partition coefficient (Wildman–Crippen LogP) is 2.86. The Morgan fingerprint density at radius 1 is 1.42 bits per heavy atom. The molecule has 3 heterocycles. The Kier molecular flexibility index (Phi) is 3.80. The van der Waals surface area contributed by atoms with Gasteiger partial charge in [-0.2, -0.15) is 0 Å². The first-order valence-corrected chi connectivity index (χ1v) is 7.66. The summed E-state index contributed by atoms with van der Waals surface area (Å²) < 4.78 is 0. The zero-order valence-corrected chi connectivity index (χ0v) is 12.0. The minimum Gasteiger partial charge on any atom is -0.362 e. The number of anilines is 1. The standard InChI is InChI=1S/C15H19N3S/c1-16-9-6-14(15-5-3-11-19-15)18-10-7-12-13(18)4-2-8-17-12/h2-5,8,11,14,16H,6-7,9-10H2,1H3/t14-/m1/s1. The summed E-state index contributed by atoms with van der Waals surface area (Å²) in [5.41, 5.74) is 2.56. The highest BCUT2D eigenvalue weighted by Crippen LogP contribution is 2.37. The normalized spacial score (nSPS) is 15.5. The molecular weight excluding hydrogens is 254 g/mol.